The van der Waals surface area contributed by atoms with Crippen molar-refractivity contribution >= 4 is 11.8 Å². The van der Waals surface area contributed by atoms with E-state index >= 15 is 0 Å². The summed E-state index contributed by atoms with van der Waals surface area (Å²) in [6.45, 7) is 6.40. The summed E-state index contributed by atoms with van der Waals surface area (Å²) in [5, 5.41) is 1.68. The Kier molecular flexibility index (Phi) is 4.42. The molecule has 3 heteroatoms. The molecule has 0 saturated carbocycles. The van der Waals surface area contributed by atoms with Crippen LogP contribution in [0.15, 0.2) is 23.4 Å². The van der Waals surface area contributed by atoms with Gasteiger partial charge in [0.15, 0.2) is 0 Å². The summed E-state index contributed by atoms with van der Waals surface area (Å²) in [7, 11) is 0. The van der Waals surface area contributed by atoms with E-state index in [9.17, 15) is 0 Å². The van der Waals surface area contributed by atoms with E-state index in [4.69, 9.17) is 5.73 Å². The molecule has 2 N–H and O–H groups in total. The third-order valence-electron chi connectivity index (χ3n) is 2.18. The predicted octanol–water partition coefficient (Wildman–Crippen LogP) is 2.99. The summed E-state index contributed by atoms with van der Waals surface area (Å²) in [5.74, 6) is 0. The molecular weight excluding hydrogens is 192 g/mol. The van der Waals surface area contributed by atoms with Crippen molar-refractivity contribution in [3.8, 4) is 0 Å². The van der Waals surface area contributed by atoms with Gasteiger partial charge in [-0.2, -0.15) is 0 Å². The van der Waals surface area contributed by atoms with Crippen molar-refractivity contribution in [2.75, 3.05) is 0 Å². The zero-order valence-electron chi connectivity index (χ0n) is 9.03. The van der Waals surface area contributed by atoms with Crippen LogP contribution in [0.3, 0.4) is 0 Å². The Labute approximate surface area is 90.3 Å². The van der Waals surface area contributed by atoms with Gasteiger partial charge in [-0.15, -0.1) is 11.8 Å². The zero-order valence-corrected chi connectivity index (χ0v) is 9.84. The Balaban J connectivity index is 2.84. The van der Waals surface area contributed by atoms with Gasteiger partial charge < -0.3 is 5.73 Å². The van der Waals surface area contributed by atoms with Crippen LogP contribution in [-0.4, -0.2) is 10.2 Å². The van der Waals surface area contributed by atoms with E-state index in [1.807, 2.05) is 30.9 Å². The van der Waals surface area contributed by atoms with Gasteiger partial charge in [-0.1, -0.05) is 19.9 Å². The van der Waals surface area contributed by atoms with E-state index in [-0.39, 0.29) is 6.04 Å². The number of nitrogens with zero attached hydrogens (tertiary/aromatic N) is 1. The van der Waals surface area contributed by atoms with Crippen LogP contribution < -0.4 is 5.73 Å². The highest BCUT2D eigenvalue weighted by Crippen LogP contribution is 2.28. The molecule has 0 bridgehead atoms. The van der Waals surface area contributed by atoms with E-state index in [1.54, 1.807) is 0 Å². The maximum Gasteiger partial charge on any atom is 0.101 e. The minimum atomic E-state index is 0.0651. The van der Waals surface area contributed by atoms with E-state index in [0.717, 1.165) is 17.0 Å². The molecule has 0 aliphatic heterocycles. The number of pyridine rings is 1. The average molecular weight is 210 g/mol. The number of hydrogen-bond acceptors (Lipinski definition) is 3. The van der Waals surface area contributed by atoms with Crippen molar-refractivity contribution in [1.82, 2.24) is 4.98 Å². The second-order valence-corrected chi connectivity index (χ2v) is 4.95. The molecule has 0 radical (unpaired) electrons. The molecule has 0 aromatic carbocycles. The standard InChI is InChI=1S/C11H18N2S/c1-4-8(2)14-11-10(9(3)12)6-5-7-13-11/h5-9H,4,12H2,1-3H3. The van der Waals surface area contributed by atoms with Gasteiger partial charge in [-0.3, -0.25) is 0 Å². The Morgan fingerprint density at radius 3 is 2.79 bits per heavy atom. The molecule has 0 spiro atoms. The first kappa shape index (κ1) is 11.5. The number of aromatic nitrogens is 1. The predicted molar refractivity (Wildman–Crippen MR) is 62.4 cm³/mol. The van der Waals surface area contributed by atoms with Crippen LogP contribution in [0.4, 0.5) is 0 Å². The zero-order chi connectivity index (χ0) is 10.6. The van der Waals surface area contributed by atoms with Crippen LogP contribution in [0.2, 0.25) is 0 Å². The first-order valence-corrected chi connectivity index (χ1v) is 5.90. The Morgan fingerprint density at radius 2 is 2.21 bits per heavy atom. The first-order chi connectivity index (χ1) is 6.65. The maximum atomic E-state index is 5.88. The molecule has 14 heavy (non-hydrogen) atoms. The van der Waals surface area contributed by atoms with Crippen molar-refractivity contribution in [3.05, 3.63) is 23.9 Å². The fraction of sp³-hybridized carbons (Fsp3) is 0.545. The molecule has 1 aromatic heterocycles. The summed E-state index contributed by atoms with van der Waals surface area (Å²) in [6.07, 6.45) is 2.98. The Bertz CT molecular complexity index is 286. The van der Waals surface area contributed by atoms with Gasteiger partial charge in [0.05, 0.1) is 0 Å². The normalized spacial score (nSPS) is 15.1. The van der Waals surface area contributed by atoms with Gasteiger partial charge >= 0.3 is 0 Å². The van der Waals surface area contributed by atoms with Gasteiger partial charge in [0.1, 0.15) is 5.03 Å². The maximum absolute atomic E-state index is 5.88. The Hall–Kier alpha value is -0.540. The monoisotopic (exact) mass is 210 g/mol. The van der Waals surface area contributed by atoms with E-state index in [2.05, 4.69) is 24.9 Å². The average Bonchev–Trinajstić information content (AvgIpc) is 2.18. The lowest BCUT2D eigenvalue weighted by molar-refractivity contribution is 0.777. The minimum Gasteiger partial charge on any atom is -0.324 e. The van der Waals surface area contributed by atoms with E-state index in [0.29, 0.717) is 5.25 Å². The number of rotatable bonds is 4. The Morgan fingerprint density at radius 1 is 1.50 bits per heavy atom. The summed E-state index contributed by atoms with van der Waals surface area (Å²) in [5.41, 5.74) is 7.03. The summed E-state index contributed by atoms with van der Waals surface area (Å²) in [4.78, 5) is 4.37. The molecule has 0 fully saturated rings. The molecule has 2 atom stereocenters. The summed E-state index contributed by atoms with van der Waals surface area (Å²) in [6, 6.07) is 4.07. The lowest BCUT2D eigenvalue weighted by Crippen LogP contribution is -2.08. The quantitative estimate of drug-likeness (QED) is 0.776. The fourth-order valence-corrected chi connectivity index (χ4v) is 2.18. The number of hydrogen-bond donors (Lipinski definition) is 1. The van der Waals surface area contributed by atoms with Gasteiger partial charge in [0.25, 0.3) is 0 Å². The highest BCUT2D eigenvalue weighted by molar-refractivity contribution is 7.99. The van der Waals surface area contributed by atoms with Crippen molar-refractivity contribution in [2.24, 2.45) is 5.73 Å². The van der Waals surface area contributed by atoms with Crippen molar-refractivity contribution in [1.29, 1.82) is 0 Å². The number of thioether (sulfide) groups is 1. The topological polar surface area (TPSA) is 38.9 Å². The van der Waals surface area contributed by atoms with E-state index in [1.165, 1.54) is 0 Å². The molecule has 1 rings (SSSR count). The lowest BCUT2D eigenvalue weighted by atomic mass is 10.2. The van der Waals surface area contributed by atoms with Gasteiger partial charge in [-0.05, 0) is 19.4 Å². The highest BCUT2D eigenvalue weighted by atomic mass is 32.2. The lowest BCUT2D eigenvalue weighted by Gasteiger charge is -2.13. The fourth-order valence-electron chi connectivity index (χ4n) is 1.12. The molecule has 2 unspecified atom stereocenters. The third kappa shape index (κ3) is 3.00. The van der Waals surface area contributed by atoms with Crippen LogP contribution in [0.5, 0.6) is 0 Å². The molecule has 0 saturated heterocycles. The van der Waals surface area contributed by atoms with Gasteiger partial charge in [-0.25, -0.2) is 4.98 Å². The molecule has 0 amide bonds. The first-order valence-electron chi connectivity index (χ1n) is 5.02. The SMILES string of the molecule is CCC(C)Sc1ncccc1C(C)N. The van der Waals surface area contributed by atoms with Crippen LogP contribution >= 0.6 is 11.8 Å². The minimum absolute atomic E-state index is 0.0651. The molecule has 2 nitrogen and oxygen atoms in total. The summed E-state index contributed by atoms with van der Waals surface area (Å²) >= 11 is 1.81. The van der Waals surface area contributed by atoms with Crippen LogP contribution in [0.1, 0.15) is 38.8 Å². The van der Waals surface area contributed by atoms with Gasteiger partial charge in [0, 0.05) is 23.1 Å². The van der Waals surface area contributed by atoms with Crippen LogP contribution in [0.25, 0.3) is 0 Å². The molecular formula is C11H18N2S. The van der Waals surface area contributed by atoms with Gasteiger partial charge in [0.2, 0.25) is 0 Å². The summed E-state index contributed by atoms with van der Waals surface area (Å²) < 4.78 is 0. The van der Waals surface area contributed by atoms with Crippen LogP contribution in [0, 0.1) is 0 Å². The van der Waals surface area contributed by atoms with Crippen molar-refractivity contribution in [2.45, 2.75) is 43.5 Å². The molecule has 78 valence electrons. The smallest absolute Gasteiger partial charge is 0.101 e. The molecule has 0 aliphatic rings. The van der Waals surface area contributed by atoms with Crippen molar-refractivity contribution < 1.29 is 0 Å². The van der Waals surface area contributed by atoms with E-state index < -0.39 is 0 Å². The van der Waals surface area contributed by atoms with Crippen molar-refractivity contribution in [3.63, 3.8) is 0 Å². The molecule has 1 heterocycles. The second-order valence-electron chi connectivity index (χ2n) is 3.52. The second kappa shape index (κ2) is 5.37. The third-order valence-corrected chi connectivity index (χ3v) is 3.48. The highest BCUT2D eigenvalue weighted by Gasteiger charge is 2.10. The van der Waals surface area contributed by atoms with Crippen LogP contribution in [-0.2, 0) is 0 Å². The number of nitrogens with two attached hydrogens (primary N) is 1. The molecule has 0 aliphatic carbocycles. The molecule has 1 aromatic rings. The largest absolute Gasteiger partial charge is 0.324 e.